The third-order valence-corrected chi connectivity index (χ3v) is 4.74. The van der Waals surface area contributed by atoms with Gasteiger partial charge >= 0.3 is 6.09 Å². The van der Waals surface area contributed by atoms with Crippen LogP contribution in [0.5, 0.6) is 5.75 Å². The average Bonchev–Trinajstić information content (AvgIpc) is 2.72. The molecule has 7 nitrogen and oxygen atoms in total. The van der Waals surface area contributed by atoms with Gasteiger partial charge in [0.15, 0.2) is 0 Å². The molecular formula is C22H31FN2O5. The molecule has 1 aliphatic rings. The van der Waals surface area contributed by atoms with Crippen LogP contribution in [-0.2, 0) is 14.3 Å². The summed E-state index contributed by atoms with van der Waals surface area (Å²) >= 11 is 0. The lowest BCUT2D eigenvalue weighted by molar-refractivity contribution is -0.129. The van der Waals surface area contributed by atoms with E-state index in [1.54, 1.807) is 11.0 Å². The minimum Gasteiger partial charge on any atom is -0.491 e. The number of ether oxygens (including phenoxy) is 3. The van der Waals surface area contributed by atoms with E-state index < -0.39 is 6.09 Å². The van der Waals surface area contributed by atoms with Crippen LogP contribution in [0.4, 0.5) is 9.18 Å². The van der Waals surface area contributed by atoms with Crippen LogP contribution in [-0.4, -0.2) is 62.5 Å². The van der Waals surface area contributed by atoms with Crippen molar-refractivity contribution in [3.05, 3.63) is 42.2 Å². The van der Waals surface area contributed by atoms with E-state index in [4.69, 9.17) is 14.2 Å². The van der Waals surface area contributed by atoms with Crippen LogP contribution < -0.4 is 10.1 Å². The topological polar surface area (TPSA) is 77.1 Å². The first-order chi connectivity index (χ1) is 14.4. The molecule has 30 heavy (non-hydrogen) atoms. The highest BCUT2D eigenvalue weighted by Gasteiger charge is 2.24. The average molecular weight is 422 g/mol. The largest absolute Gasteiger partial charge is 0.491 e. The molecule has 1 saturated heterocycles. The zero-order valence-electron chi connectivity index (χ0n) is 17.7. The Morgan fingerprint density at radius 2 is 2.13 bits per heavy atom. The summed E-state index contributed by atoms with van der Waals surface area (Å²) in [6.45, 7) is 9.72. The molecule has 0 bridgehead atoms. The maximum Gasteiger partial charge on any atom is 0.407 e. The second-order valence-electron chi connectivity index (χ2n) is 7.38. The second kappa shape index (κ2) is 12.2. The van der Waals surface area contributed by atoms with Crippen molar-refractivity contribution in [2.75, 3.05) is 39.5 Å². The van der Waals surface area contributed by atoms with Crippen molar-refractivity contribution in [2.45, 2.75) is 38.7 Å². The van der Waals surface area contributed by atoms with Gasteiger partial charge in [-0.15, -0.1) is 0 Å². The summed E-state index contributed by atoms with van der Waals surface area (Å²) in [5, 5.41) is 2.63. The predicted octanol–water partition coefficient (Wildman–Crippen LogP) is 3.25. The maximum absolute atomic E-state index is 13.4. The number of nitrogens with one attached hydrogen (secondary N) is 1. The molecule has 1 heterocycles. The van der Waals surface area contributed by atoms with Crippen LogP contribution in [0.15, 0.2) is 30.9 Å². The second-order valence-corrected chi connectivity index (χ2v) is 7.38. The van der Waals surface area contributed by atoms with E-state index in [0.29, 0.717) is 32.1 Å². The molecule has 0 radical (unpaired) electrons. The predicted molar refractivity (Wildman–Crippen MR) is 111 cm³/mol. The Bertz CT molecular complexity index is 725. The number of likely N-dealkylation sites (tertiary alicyclic amines) is 1. The van der Waals surface area contributed by atoms with Crippen LogP contribution in [0.25, 0.3) is 0 Å². The monoisotopic (exact) mass is 422 g/mol. The number of amides is 2. The number of carbonyl (C=O) groups is 2. The zero-order chi connectivity index (χ0) is 21.9. The van der Waals surface area contributed by atoms with Gasteiger partial charge in [-0.1, -0.05) is 26.5 Å². The highest BCUT2D eigenvalue weighted by atomic mass is 19.1. The van der Waals surface area contributed by atoms with Crippen molar-refractivity contribution in [3.8, 4) is 5.75 Å². The smallest absolute Gasteiger partial charge is 0.407 e. The minimum atomic E-state index is -0.533. The molecule has 1 fully saturated rings. The number of piperidine rings is 1. The first kappa shape index (κ1) is 23.7. The summed E-state index contributed by atoms with van der Waals surface area (Å²) in [7, 11) is 0. The number of nitrogens with zero attached hydrogens (tertiary/aromatic N) is 1. The molecule has 166 valence electrons. The normalized spacial score (nSPS) is 16.3. The lowest BCUT2D eigenvalue weighted by Crippen LogP contribution is -2.44. The van der Waals surface area contributed by atoms with Crippen molar-refractivity contribution in [1.29, 1.82) is 0 Å². The Hall–Kier alpha value is -2.61. The highest BCUT2D eigenvalue weighted by Crippen LogP contribution is 2.27. The summed E-state index contributed by atoms with van der Waals surface area (Å²) in [5.41, 5.74) is 0.942. The van der Waals surface area contributed by atoms with Gasteiger partial charge in [0, 0.05) is 19.2 Å². The summed E-state index contributed by atoms with van der Waals surface area (Å²) in [6.07, 6.45) is 1.92. The van der Waals surface area contributed by atoms with Crippen LogP contribution in [0, 0.1) is 5.82 Å². The van der Waals surface area contributed by atoms with Crippen molar-refractivity contribution in [2.24, 2.45) is 0 Å². The molecule has 2 amide bonds. The number of hydrogen-bond donors (Lipinski definition) is 1. The van der Waals surface area contributed by atoms with Crippen molar-refractivity contribution in [1.82, 2.24) is 10.2 Å². The van der Waals surface area contributed by atoms with Gasteiger partial charge in [-0.2, -0.15) is 0 Å². The lowest BCUT2D eigenvalue weighted by Gasteiger charge is -2.31. The van der Waals surface area contributed by atoms with E-state index in [1.807, 2.05) is 13.8 Å². The Balaban J connectivity index is 1.59. The van der Waals surface area contributed by atoms with E-state index in [2.05, 4.69) is 11.9 Å². The van der Waals surface area contributed by atoms with Crippen molar-refractivity contribution < 1.29 is 28.2 Å². The van der Waals surface area contributed by atoms with E-state index in [9.17, 15) is 14.0 Å². The number of benzene rings is 1. The van der Waals surface area contributed by atoms with Gasteiger partial charge in [-0.25, -0.2) is 9.18 Å². The molecule has 1 aliphatic heterocycles. The van der Waals surface area contributed by atoms with Crippen molar-refractivity contribution >= 4 is 12.0 Å². The molecule has 8 heteroatoms. The van der Waals surface area contributed by atoms with Gasteiger partial charge in [-0.3, -0.25) is 4.79 Å². The first-order valence-corrected chi connectivity index (χ1v) is 10.3. The van der Waals surface area contributed by atoms with Crippen LogP contribution in [0.2, 0.25) is 0 Å². The molecule has 1 aromatic rings. The van der Waals surface area contributed by atoms with Crippen LogP contribution >= 0.6 is 0 Å². The Labute approximate surface area is 177 Å². The van der Waals surface area contributed by atoms with Gasteiger partial charge in [0.25, 0.3) is 0 Å². The summed E-state index contributed by atoms with van der Waals surface area (Å²) in [4.78, 5) is 25.2. The Kier molecular flexibility index (Phi) is 9.60. The fourth-order valence-electron chi connectivity index (χ4n) is 3.20. The standard InChI is InChI=1S/C22H31FN2O5/c1-4-21(26)25-10-5-6-18(15-25)30-22(27)24-9-11-28-12-13-29-20-14-17(23)7-8-19(20)16(2)3/h4,7-8,14,16,18H,1,5-6,9-13,15H2,2-3H3,(H,24,27). The van der Waals surface area contributed by atoms with Crippen molar-refractivity contribution in [3.63, 3.8) is 0 Å². The lowest BCUT2D eigenvalue weighted by atomic mass is 10.0. The number of halogens is 1. The number of alkyl carbamates (subject to hydrolysis) is 1. The van der Waals surface area contributed by atoms with E-state index in [0.717, 1.165) is 18.4 Å². The van der Waals surface area contributed by atoms with Gasteiger partial charge in [-0.05, 0) is 36.5 Å². The van der Waals surface area contributed by atoms with E-state index >= 15 is 0 Å². The number of carbonyl (C=O) groups excluding carboxylic acids is 2. The van der Waals surface area contributed by atoms with Gasteiger partial charge in [0.05, 0.1) is 19.8 Å². The zero-order valence-corrected chi connectivity index (χ0v) is 17.7. The molecular weight excluding hydrogens is 391 g/mol. The molecule has 0 aromatic heterocycles. The summed E-state index contributed by atoms with van der Waals surface area (Å²) in [5.74, 6) is 0.251. The van der Waals surface area contributed by atoms with E-state index in [-0.39, 0.29) is 36.9 Å². The highest BCUT2D eigenvalue weighted by molar-refractivity contribution is 5.87. The molecule has 1 N–H and O–H groups in total. The third kappa shape index (κ3) is 7.67. The van der Waals surface area contributed by atoms with Crippen LogP contribution in [0.1, 0.15) is 38.2 Å². The molecule has 2 rings (SSSR count). The summed E-state index contributed by atoms with van der Waals surface area (Å²) in [6, 6.07) is 4.53. The molecule has 0 aliphatic carbocycles. The van der Waals surface area contributed by atoms with Gasteiger partial charge in [0.1, 0.15) is 24.3 Å². The molecule has 1 unspecified atom stereocenters. The fraction of sp³-hybridized carbons (Fsp3) is 0.545. The van der Waals surface area contributed by atoms with Gasteiger partial charge in [0.2, 0.25) is 5.91 Å². The fourth-order valence-corrected chi connectivity index (χ4v) is 3.20. The molecule has 1 aromatic carbocycles. The minimum absolute atomic E-state index is 0.155. The quantitative estimate of drug-likeness (QED) is 0.463. The Morgan fingerprint density at radius 3 is 2.87 bits per heavy atom. The Morgan fingerprint density at radius 1 is 1.33 bits per heavy atom. The van der Waals surface area contributed by atoms with E-state index in [1.165, 1.54) is 18.2 Å². The maximum atomic E-state index is 13.4. The summed E-state index contributed by atoms with van der Waals surface area (Å²) < 4.78 is 29.8. The van der Waals surface area contributed by atoms with Crippen LogP contribution in [0.3, 0.4) is 0 Å². The number of hydrogen-bond acceptors (Lipinski definition) is 5. The molecule has 0 saturated carbocycles. The molecule has 1 atom stereocenters. The SMILES string of the molecule is C=CC(=O)N1CCCC(OC(=O)NCCOCCOc2cc(F)ccc2C(C)C)C1. The number of rotatable bonds is 10. The third-order valence-electron chi connectivity index (χ3n) is 4.74. The van der Waals surface area contributed by atoms with Gasteiger partial charge < -0.3 is 24.4 Å². The first-order valence-electron chi connectivity index (χ1n) is 10.3. The molecule has 0 spiro atoms.